The molecule has 5 heteroatoms. The second-order valence-electron chi connectivity index (χ2n) is 6.74. The average molecular weight is 373 g/mol. The Bertz CT molecular complexity index is 981. The van der Waals surface area contributed by atoms with Gasteiger partial charge in [0.05, 0.1) is 11.1 Å². The fourth-order valence-corrected chi connectivity index (χ4v) is 2.76. The summed E-state index contributed by atoms with van der Waals surface area (Å²) in [5.41, 5.74) is 5.07. The van der Waals surface area contributed by atoms with Crippen LogP contribution in [0.5, 0.6) is 0 Å². The van der Waals surface area contributed by atoms with Gasteiger partial charge < -0.3 is 10.6 Å². The summed E-state index contributed by atoms with van der Waals surface area (Å²) >= 11 is 0. The van der Waals surface area contributed by atoms with Crippen LogP contribution >= 0.6 is 0 Å². The smallest absolute Gasteiger partial charge is 0.253 e. The molecule has 0 fully saturated rings. The molecule has 2 aromatic carbocycles. The van der Waals surface area contributed by atoms with E-state index in [1.54, 1.807) is 6.07 Å². The highest BCUT2D eigenvalue weighted by Crippen LogP contribution is 2.08. The third-order valence-corrected chi connectivity index (χ3v) is 4.54. The standard InChI is InChI=1S/C23H23N3O2/c1-16-7-9-18(10-8-16)12-25-22(27)20-11-21(14-24-13-20)23(28)26-15-19-6-4-3-5-17(19)2/h3-11,13-14H,12,15H2,1-2H3,(H,25,27)(H,26,28). The Labute approximate surface area is 164 Å². The minimum atomic E-state index is -0.262. The van der Waals surface area contributed by atoms with Crippen LogP contribution in [-0.4, -0.2) is 16.8 Å². The van der Waals surface area contributed by atoms with Crippen LogP contribution in [0.1, 0.15) is 43.0 Å². The van der Waals surface area contributed by atoms with Gasteiger partial charge in [0, 0.05) is 25.5 Å². The van der Waals surface area contributed by atoms with Crippen LogP contribution in [-0.2, 0) is 13.1 Å². The minimum Gasteiger partial charge on any atom is -0.348 e. The maximum atomic E-state index is 12.4. The molecule has 0 aliphatic heterocycles. The molecule has 0 radical (unpaired) electrons. The first-order valence-corrected chi connectivity index (χ1v) is 9.14. The van der Waals surface area contributed by atoms with Crippen molar-refractivity contribution in [1.29, 1.82) is 0 Å². The van der Waals surface area contributed by atoms with Crippen LogP contribution in [0, 0.1) is 13.8 Å². The maximum absolute atomic E-state index is 12.4. The number of carbonyl (C=O) groups excluding carboxylic acids is 2. The van der Waals surface area contributed by atoms with E-state index in [9.17, 15) is 9.59 Å². The number of hydrogen-bond acceptors (Lipinski definition) is 3. The molecule has 1 heterocycles. The van der Waals surface area contributed by atoms with Crippen molar-refractivity contribution in [3.8, 4) is 0 Å². The lowest BCUT2D eigenvalue weighted by Crippen LogP contribution is -2.26. The number of rotatable bonds is 6. The Balaban J connectivity index is 1.60. The molecule has 0 bridgehead atoms. The number of pyridine rings is 1. The fraction of sp³-hybridized carbons (Fsp3) is 0.174. The second kappa shape index (κ2) is 8.95. The van der Waals surface area contributed by atoms with Crippen LogP contribution in [0.4, 0.5) is 0 Å². The molecule has 28 heavy (non-hydrogen) atoms. The number of aromatic nitrogens is 1. The molecule has 0 aliphatic carbocycles. The number of hydrogen-bond donors (Lipinski definition) is 2. The van der Waals surface area contributed by atoms with Gasteiger partial charge in [-0.3, -0.25) is 14.6 Å². The SMILES string of the molecule is Cc1ccc(CNC(=O)c2cncc(C(=O)NCc3ccccc3C)c2)cc1. The molecule has 0 atom stereocenters. The first-order chi connectivity index (χ1) is 13.5. The molecule has 2 amide bonds. The molecule has 0 aliphatic rings. The van der Waals surface area contributed by atoms with Crippen molar-refractivity contribution in [1.82, 2.24) is 15.6 Å². The zero-order chi connectivity index (χ0) is 19.9. The zero-order valence-electron chi connectivity index (χ0n) is 16.0. The predicted molar refractivity (Wildman–Crippen MR) is 109 cm³/mol. The topological polar surface area (TPSA) is 71.1 Å². The van der Waals surface area contributed by atoms with Gasteiger partial charge in [0.25, 0.3) is 11.8 Å². The van der Waals surface area contributed by atoms with Crippen molar-refractivity contribution in [3.05, 3.63) is 100 Å². The molecule has 5 nitrogen and oxygen atoms in total. The summed E-state index contributed by atoms with van der Waals surface area (Å²) in [4.78, 5) is 28.9. The third-order valence-electron chi connectivity index (χ3n) is 4.54. The van der Waals surface area contributed by atoms with E-state index in [0.29, 0.717) is 24.2 Å². The van der Waals surface area contributed by atoms with Crippen molar-refractivity contribution in [2.24, 2.45) is 0 Å². The Morgan fingerprint density at radius 1 is 0.821 bits per heavy atom. The number of nitrogens with zero attached hydrogens (tertiary/aromatic N) is 1. The summed E-state index contributed by atoms with van der Waals surface area (Å²) in [6.07, 6.45) is 2.92. The molecule has 0 spiro atoms. The number of amides is 2. The molecule has 1 aromatic heterocycles. The van der Waals surface area contributed by atoms with E-state index in [1.165, 1.54) is 18.0 Å². The van der Waals surface area contributed by atoms with E-state index in [0.717, 1.165) is 16.7 Å². The number of benzene rings is 2. The van der Waals surface area contributed by atoms with E-state index >= 15 is 0 Å². The number of carbonyl (C=O) groups is 2. The van der Waals surface area contributed by atoms with Crippen molar-refractivity contribution >= 4 is 11.8 Å². The lowest BCUT2D eigenvalue weighted by Gasteiger charge is -2.09. The van der Waals surface area contributed by atoms with Crippen molar-refractivity contribution in [2.45, 2.75) is 26.9 Å². The molecule has 3 aromatic rings. The fourth-order valence-electron chi connectivity index (χ4n) is 2.76. The van der Waals surface area contributed by atoms with Gasteiger partial charge in [-0.25, -0.2) is 0 Å². The van der Waals surface area contributed by atoms with Gasteiger partial charge in [0.2, 0.25) is 0 Å². The molecular weight excluding hydrogens is 350 g/mol. The van der Waals surface area contributed by atoms with Crippen LogP contribution < -0.4 is 10.6 Å². The summed E-state index contributed by atoms with van der Waals surface area (Å²) in [5, 5.41) is 5.73. The number of nitrogens with one attached hydrogen (secondary N) is 2. The van der Waals surface area contributed by atoms with Crippen LogP contribution in [0.15, 0.2) is 67.0 Å². The summed E-state index contributed by atoms with van der Waals surface area (Å²) in [6, 6.07) is 17.4. The number of aryl methyl sites for hydroxylation is 2. The van der Waals surface area contributed by atoms with Crippen molar-refractivity contribution in [2.75, 3.05) is 0 Å². The molecule has 0 saturated carbocycles. The largest absolute Gasteiger partial charge is 0.348 e. The van der Waals surface area contributed by atoms with Crippen LogP contribution in [0.2, 0.25) is 0 Å². The van der Waals surface area contributed by atoms with Gasteiger partial charge >= 0.3 is 0 Å². The molecule has 0 unspecified atom stereocenters. The second-order valence-corrected chi connectivity index (χ2v) is 6.74. The lowest BCUT2D eigenvalue weighted by molar-refractivity contribution is 0.0950. The molecular formula is C23H23N3O2. The Morgan fingerprint density at radius 3 is 2.07 bits per heavy atom. The van der Waals surface area contributed by atoms with Gasteiger partial charge in [-0.2, -0.15) is 0 Å². The summed E-state index contributed by atoms with van der Waals surface area (Å²) in [7, 11) is 0. The Morgan fingerprint density at radius 2 is 1.43 bits per heavy atom. The van der Waals surface area contributed by atoms with Gasteiger partial charge in [0.15, 0.2) is 0 Å². The first kappa shape index (κ1) is 19.3. The zero-order valence-corrected chi connectivity index (χ0v) is 16.0. The van der Waals surface area contributed by atoms with E-state index in [1.807, 2.05) is 62.4 Å². The maximum Gasteiger partial charge on any atom is 0.253 e. The van der Waals surface area contributed by atoms with Crippen molar-refractivity contribution < 1.29 is 9.59 Å². The summed E-state index contributed by atoms with van der Waals surface area (Å²) < 4.78 is 0. The highest BCUT2D eigenvalue weighted by Gasteiger charge is 2.11. The predicted octanol–water partition coefficient (Wildman–Crippen LogP) is 3.56. The highest BCUT2D eigenvalue weighted by molar-refractivity contribution is 5.99. The molecule has 0 saturated heterocycles. The van der Waals surface area contributed by atoms with E-state index in [4.69, 9.17) is 0 Å². The van der Waals surface area contributed by atoms with Crippen molar-refractivity contribution in [3.63, 3.8) is 0 Å². The summed E-state index contributed by atoms with van der Waals surface area (Å²) in [6.45, 7) is 4.86. The Kier molecular flexibility index (Phi) is 6.17. The molecule has 3 rings (SSSR count). The average Bonchev–Trinajstić information content (AvgIpc) is 2.72. The van der Waals surface area contributed by atoms with Gasteiger partial charge in [-0.05, 0) is 36.6 Å². The van der Waals surface area contributed by atoms with Crippen LogP contribution in [0.3, 0.4) is 0 Å². The van der Waals surface area contributed by atoms with Gasteiger partial charge in [0.1, 0.15) is 0 Å². The van der Waals surface area contributed by atoms with Crippen LogP contribution in [0.25, 0.3) is 0 Å². The Hall–Kier alpha value is -3.47. The van der Waals surface area contributed by atoms with Gasteiger partial charge in [-0.1, -0.05) is 54.1 Å². The van der Waals surface area contributed by atoms with Gasteiger partial charge in [-0.15, -0.1) is 0 Å². The minimum absolute atomic E-state index is 0.260. The van der Waals surface area contributed by atoms with E-state index < -0.39 is 0 Å². The normalized spacial score (nSPS) is 10.4. The summed E-state index contributed by atoms with van der Waals surface area (Å²) in [5.74, 6) is -0.523. The lowest BCUT2D eigenvalue weighted by atomic mass is 10.1. The third kappa shape index (κ3) is 5.04. The highest BCUT2D eigenvalue weighted by atomic mass is 16.2. The monoisotopic (exact) mass is 373 g/mol. The quantitative estimate of drug-likeness (QED) is 0.694. The van der Waals surface area contributed by atoms with E-state index in [-0.39, 0.29) is 11.8 Å². The van der Waals surface area contributed by atoms with E-state index in [2.05, 4.69) is 15.6 Å². The molecule has 142 valence electrons. The molecule has 2 N–H and O–H groups in total. The first-order valence-electron chi connectivity index (χ1n) is 9.14.